The van der Waals surface area contributed by atoms with Crippen LogP contribution in [0.1, 0.15) is 73.1 Å². The van der Waals surface area contributed by atoms with Crippen molar-refractivity contribution in [3.63, 3.8) is 0 Å². The molecule has 5 atom stereocenters. The zero-order chi connectivity index (χ0) is 28.8. The Morgan fingerprint density at radius 3 is 1.88 bits per heavy atom. The first-order valence-electron chi connectivity index (χ1n) is 13.8. The van der Waals surface area contributed by atoms with E-state index < -0.39 is 18.1 Å². The maximum atomic E-state index is 13.0. The Balaban J connectivity index is 1.18. The Kier molecular flexibility index (Phi) is 10.6. The van der Waals surface area contributed by atoms with Crippen LogP contribution in [0.3, 0.4) is 0 Å². The predicted molar refractivity (Wildman–Crippen MR) is 158 cm³/mol. The van der Waals surface area contributed by atoms with Crippen molar-refractivity contribution in [2.45, 2.75) is 64.5 Å². The molecule has 2 aromatic rings. The number of fused-ring (bicyclic) bond motifs is 1. The average Bonchev–Trinajstić information content (AvgIpc) is 3.60. The molecule has 0 N–H and O–H groups in total. The van der Waals surface area contributed by atoms with Crippen molar-refractivity contribution >= 4 is 55.5 Å². The molecule has 1 aliphatic heterocycles. The Labute approximate surface area is 252 Å². The smallest absolute Gasteiger partial charge is 0.410 e. The summed E-state index contributed by atoms with van der Waals surface area (Å²) in [5.41, 5.74) is 1.31. The Morgan fingerprint density at radius 2 is 1.35 bits per heavy atom. The molecule has 1 amide bonds. The molecule has 2 aliphatic rings. The van der Waals surface area contributed by atoms with E-state index in [9.17, 15) is 19.2 Å². The van der Waals surface area contributed by atoms with Gasteiger partial charge in [0, 0.05) is 39.0 Å². The molecule has 1 heterocycles. The van der Waals surface area contributed by atoms with Crippen molar-refractivity contribution in [2.24, 2.45) is 17.8 Å². The lowest BCUT2D eigenvalue weighted by atomic mass is 10.0. The first-order chi connectivity index (χ1) is 19.1. The second-order valence-corrected chi connectivity index (χ2v) is 12.9. The van der Waals surface area contributed by atoms with Gasteiger partial charge in [0.25, 0.3) is 0 Å². The fourth-order valence-electron chi connectivity index (χ4n) is 5.07. The van der Waals surface area contributed by atoms with Gasteiger partial charge in [0.05, 0.1) is 13.2 Å². The number of carbonyl (C=O) groups is 4. The number of piperidine rings is 1. The zero-order valence-electron chi connectivity index (χ0n) is 22.8. The van der Waals surface area contributed by atoms with Gasteiger partial charge in [0.15, 0.2) is 11.6 Å². The number of benzene rings is 2. The van der Waals surface area contributed by atoms with Crippen molar-refractivity contribution in [2.75, 3.05) is 13.2 Å². The van der Waals surface area contributed by atoms with Gasteiger partial charge in [-0.05, 0) is 67.7 Å². The van der Waals surface area contributed by atoms with Crippen molar-refractivity contribution in [1.82, 2.24) is 4.90 Å². The van der Waals surface area contributed by atoms with E-state index in [0.717, 1.165) is 15.4 Å². The minimum Gasteiger partial charge on any atom is -0.464 e. The second-order valence-electron chi connectivity index (χ2n) is 11.1. The van der Waals surface area contributed by atoms with Crippen LogP contribution in [-0.4, -0.2) is 53.8 Å². The van der Waals surface area contributed by atoms with Gasteiger partial charge in [-0.15, -0.1) is 0 Å². The van der Waals surface area contributed by atoms with Gasteiger partial charge in [-0.25, -0.2) is 9.59 Å². The molecule has 3 unspecified atom stereocenters. The molecule has 2 fully saturated rings. The fourth-order valence-corrected chi connectivity index (χ4v) is 5.87. The number of rotatable bonds is 13. The molecule has 1 saturated carbocycles. The summed E-state index contributed by atoms with van der Waals surface area (Å²) in [6, 6.07) is 14.0. The first kappa shape index (κ1) is 30.4. The number of ketones is 2. The number of nitrogens with zero attached hydrogens (tertiary/aromatic N) is 1. The molecule has 0 spiro atoms. The van der Waals surface area contributed by atoms with Crippen LogP contribution in [-0.2, 0) is 14.3 Å². The van der Waals surface area contributed by atoms with Crippen LogP contribution in [0.4, 0.5) is 4.79 Å². The quantitative estimate of drug-likeness (QED) is 0.164. The Bertz CT molecular complexity index is 1250. The van der Waals surface area contributed by atoms with E-state index in [2.05, 4.69) is 31.9 Å². The summed E-state index contributed by atoms with van der Waals surface area (Å²) in [6.07, 6.45) is 2.90. The summed E-state index contributed by atoms with van der Waals surface area (Å²) in [5.74, 6) is 0.0125. The summed E-state index contributed by atoms with van der Waals surface area (Å²) >= 11 is 6.77. The maximum absolute atomic E-state index is 13.0. The molecule has 0 bridgehead atoms. The SMILES string of the molecule is C[C@H](CCC(=O)c1cccc(Br)c1)COC(=O)C1CC2CC2N1C(=O)OC[C@H](C)CCC(=O)c1cccc(Br)c1. The Morgan fingerprint density at radius 1 is 0.825 bits per heavy atom. The van der Waals surface area contributed by atoms with E-state index in [-0.39, 0.29) is 42.7 Å². The summed E-state index contributed by atoms with van der Waals surface area (Å²) in [7, 11) is 0. The van der Waals surface area contributed by atoms with E-state index in [4.69, 9.17) is 9.47 Å². The molecule has 7 nitrogen and oxygen atoms in total. The summed E-state index contributed by atoms with van der Waals surface area (Å²) in [4.78, 5) is 52.4. The molecule has 1 aliphatic carbocycles. The standard InChI is InChI=1S/C31H35Br2NO6/c1-19(9-11-28(35)21-5-3-7-24(32)13-21)17-39-30(37)27-16-23-15-26(23)34(27)31(38)40-18-20(2)10-12-29(36)22-6-4-8-25(33)14-22/h3-8,13-14,19-20,23,26-27H,9-12,15-18H2,1-2H3/t19-,20-,23?,26?,27?/m1/s1. The van der Waals surface area contributed by atoms with Crippen LogP contribution < -0.4 is 0 Å². The number of Topliss-reactive ketones (excluding diaryl/α,β-unsaturated/α-hetero) is 2. The zero-order valence-corrected chi connectivity index (χ0v) is 26.0. The number of ether oxygens (including phenoxy) is 2. The van der Waals surface area contributed by atoms with Gasteiger partial charge < -0.3 is 9.47 Å². The highest BCUT2D eigenvalue weighted by molar-refractivity contribution is 9.10. The minimum atomic E-state index is -0.639. The second kappa shape index (κ2) is 13.9. The molecule has 4 rings (SSSR count). The fraction of sp³-hybridized carbons (Fsp3) is 0.484. The molecule has 1 saturated heterocycles. The van der Waals surface area contributed by atoms with Crippen molar-refractivity contribution in [1.29, 1.82) is 0 Å². The average molecular weight is 677 g/mol. The number of halogens is 2. The summed E-state index contributed by atoms with van der Waals surface area (Å²) in [6.45, 7) is 4.27. The van der Waals surface area contributed by atoms with E-state index in [1.54, 1.807) is 29.2 Å². The van der Waals surface area contributed by atoms with Gasteiger partial charge in [0.2, 0.25) is 0 Å². The molecule has 40 heavy (non-hydrogen) atoms. The topological polar surface area (TPSA) is 90.0 Å². The summed E-state index contributed by atoms with van der Waals surface area (Å²) in [5, 5.41) is 0. The maximum Gasteiger partial charge on any atom is 0.410 e. The monoisotopic (exact) mass is 675 g/mol. The van der Waals surface area contributed by atoms with Crippen LogP contribution in [0, 0.1) is 17.8 Å². The molecule has 214 valence electrons. The van der Waals surface area contributed by atoms with Gasteiger partial charge in [-0.1, -0.05) is 70.0 Å². The van der Waals surface area contributed by atoms with Crippen LogP contribution in [0.2, 0.25) is 0 Å². The van der Waals surface area contributed by atoms with Crippen LogP contribution in [0.25, 0.3) is 0 Å². The molecule has 0 radical (unpaired) electrons. The van der Waals surface area contributed by atoms with E-state index in [1.165, 1.54) is 0 Å². The van der Waals surface area contributed by atoms with Gasteiger partial charge in [0.1, 0.15) is 6.04 Å². The van der Waals surface area contributed by atoms with E-state index in [0.29, 0.717) is 49.1 Å². The molecular weight excluding hydrogens is 642 g/mol. The van der Waals surface area contributed by atoms with E-state index in [1.807, 2.05) is 38.1 Å². The highest BCUT2D eigenvalue weighted by Gasteiger charge is 2.57. The van der Waals surface area contributed by atoms with Crippen LogP contribution in [0.5, 0.6) is 0 Å². The van der Waals surface area contributed by atoms with Crippen molar-refractivity contribution in [3.8, 4) is 0 Å². The lowest BCUT2D eigenvalue weighted by Gasteiger charge is -2.26. The Hall–Kier alpha value is -2.52. The van der Waals surface area contributed by atoms with Gasteiger partial charge in [-0.2, -0.15) is 0 Å². The van der Waals surface area contributed by atoms with Crippen LogP contribution >= 0.6 is 31.9 Å². The highest BCUT2D eigenvalue weighted by atomic mass is 79.9. The lowest BCUT2D eigenvalue weighted by Crippen LogP contribution is -2.44. The first-order valence-corrected chi connectivity index (χ1v) is 15.4. The number of amides is 1. The summed E-state index contributed by atoms with van der Waals surface area (Å²) < 4.78 is 12.9. The highest BCUT2D eigenvalue weighted by Crippen LogP contribution is 2.48. The van der Waals surface area contributed by atoms with Crippen molar-refractivity contribution in [3.05, 3.63) is 68.6 Å². The third-order valence-electron chi connectivity index (χ3n) is 7.61. The largest absolute Gasteiger partial charge is 0.464 e. The van der Waals surface area contributed by atoms with Crippen LogP contribution in [0.15, 0.2) is 57.5 Å². The van der Waals surface area contributed by atoms with E-state index >= 15 is 0 Å². The molecule has 0 aromatic heterocycles. The minimum absolute atomic E-state index is 0.00335. The molecule has 2 aromatic carbocycles. The lowest BCUT2D eigenvalue weighted by molar-refractivity contribution is -0.150. The number of esters is 1. The number of carbonyl (C=O) groups excluding carboxylic acids is 4. The molecule has 9 heteroatoms. The van der Waals surface area contributed by atoms with Gasteiger partial charge in [-0.3, -0.25) is 14.5 Å². The van der Waals surface area contributed by atoms with Gasteiger partial charge >= 0.3 is 12.1 Å². The number of hydrogen-bond acceptors (Lipinski definition) is 6. The third-order valence-corrected chi connectivity index (χ3v) is 8.60. The molecular formula is C31H35Br2NO6. The number of likely N-dealkylation sites (tertiary alicyclic amines) is 1. The normalized spacial score (nSPS) is 20.8. The van der Waals surface area contributed by atoms with Crippen molar-refractivity contribution < 1.29 is 28.7 Å². The third kappa shape index (κ3) is 8.26. The predicted octanol–water partition coefficient (Wildman–Crippen LogP) is 7.25. The number of hydrogen-bond donors (Lipinski definition) is 0.